The van der Waals surface area contributed by atoms with Crippen LogP contribution in [0.1, 0.15) is 25.7 Å². The fraction of sp³-hybridized carbons (Fsp3) is 0.361. The number of rotatable bonds is 13. The number of nitrogens with one attached hydrogen (secondary N) is 2. The molecular formula is C36H39FN4O7S. The van der Waals surface area contributed by atoms with Gasteiger partial charge in [0.1, 0.15) is 21.0 Å². The summed E-state index contributed by atoms with van der Waals surface area (Å²) >= 11 is 0. The summed E-state index contributed by atoms with van der Waals surface area (Å²) in [6, 6.07) is 18.1. The standard InChI is InChI=1S/C36H39FN4O7S/c1-46-32-21-27-29(22-33(32)47-23-24-11-16-41(17-12-24)18-19-49(2,44)45)38-15-10-30(27)48-31-9-8-26(20-28(31)37)40-35(43)36(13-14-36)34(42)39-25-6-4-3-5-7-25/h3-10,15,20-22,24H,11-14,16-19,23H2,1-2H3,(H,39,42)(H,40,43). The quantitative estimate of drug-likeness (QED) is 0.170. The SMILES string of the molecule is COc1cc2c(Oc3ccc(NC(=O)C4(C(=O)Nc5ccccc5)CC4)cc3F)ccnc2cc1OCC1CCN(CCS(C)(=O)=O)CC1. The molecule has 11 nitrogen and oxygen atoms in total. The van der Waals surface area contributed by atoms with Crippen molar-refractivity contribution in [2.24, 2.45) is 11.3 Å². The molecule has 3 aromatic carbocycles. The van der Waals surface area contributed by atoms with E-state index < -0.39 is 32.9 Å². The normalized spacial score (nSPS) is 16.1. The van der Waals surface area contributed by atoms with E-state index >= 15 is 4.39 Å². The number of hydrogen-bond donors (Lipinski definition) is 2. The van der Waals surface area contributed by atoms with Crippen LogP contribution in [0.5, 0.6) is 23.0 Å². The highest BCUT2D eigenvalue weighted by molar-refractivity contribution is 7.90. The summed E-state index contributed by atoms with van der Waals surface area (Å²) in [5.74, 6) is 0.178. The molecule has 4 aromatic rings. The van der Waals surface area contributed by atoms with Crippen molar-refractivity contribution in [3.05, 3.63) is 78.7 Å². The second-order valence-electron chi connectivity index (χ2n) is 12.7. The van der Waals surface area contributed by atoms with Crippen molar-refractivity contribution in [2.45, 2.75) is 25.7 Å². The Labute approximate surface area is 284 Å². The van der Waals surface area contributed by atoms with E-state index in [2.05, 4.69) is 20.5 Å². The molecule has 2 amide bonds. The fourth-order valence-electron chi connectivity index (χ4n) is 5.85. The van der Waals surface area contributed by atoms with Crippen LogP contribution in [0.25, 0.3) is 10.9 Å². The van der Waals surface area contributed by atoms with Crippen LogP contribution < -0.4 is 24.8 Å². The molecule has 2 aliphatic rings. The lowest BCUT2D eigenvalue weighted by Gasteiger charge is -2.31. The lowest BCUT2D eigenvalue weighted by atomic mass is 9.98. The van der Waals surface area contributed by atoms with Crippen molar-refractivity contribution in [1.82, 2.24) is 9.88 Å². The number of ether oxygens (including phenoxy) is 3. The van der Waals surface area contributed by atoms with Crippen LogP contribution in [0.15, 0.2) is 72.9 Å². The van der Waals surface area contributed by atoms with E-state index in [1.54, 1.807) is 48.7 Å². The first-order valence-corrected chi connectivity index (χ1v) is 18.2. The maximum absolute atomic E-state index is 15.3. The molecule has 0 unspecified atom stereocenters. The Morgan fingerprint density at radius 3 is 2.29 bits per heavy atom. The van der Waals surface area contributed by atoms with Crippen molar-refractivity contribution in [3.63, 3.8) is 0 Å². The highest BCUT2D eigenvalue weighted by Crippen LogP contribution is 2.47. The number of pyridine rings is 1. The van der Waals surface area contributed by atoms with Crippen molar-refractivity contribution < 1.29 is 36.6 Å². The molecule has 49 heavy (non-hydrogen) atoms. The summed E-state index contributed by atoms with van der Waals surface area (Å²) in [7, 11) is -1.45. The van der Waals surface area contributed by atoms with Crippen LogP contribution in [0.2, 0.25) is 0 Å². The molecule has 1 aromatic heterocycles. The fourth-order valence-corrected chi connectivity index (χ4v) is 6.44. The first-order chi connectivity index (χ1) is 23.5. The zero-order chi connectivity index (χ0) is 34.6. The number of likely N-dealkylation sites (tertiary alicyclic amines) is 1. The van der Waals surface area contributed by atoms with E-state index in [9.17, 15) is 18.0 Å². The number of hydrogen-bond acceptors (Lipinski definition) is 9. The minimum Gasteiger partial charge on any atom is -0.493 e. The number of fused-ring (bicyclic) bond motifs is 1. The van der Waals surface area contributed by atoms with Gasteiger partial charge in [0.2, 0.25) is 11.8 Å². The molecule has 0 bridgehead atoms. The number of piperidine rings is 1. The van der Waals surface area contributed by atoms with Crippen LogP contribution in [0.4, 0.5) is 15.8 Å². The van der Waals surface area contributed by atoms with E-state index in [0.29, 0.717) is 65.8 Å². The number of nitrogens with zero attached hydrogens (tertiary/aromatic N) is 2. The number of para-hydroxylation sites is 1. The minimum atomic E-state index is -2.99. The Bertz CT molecular complexity index is 1950. The third-order valence-corrected chi connectivity index (χ3v) is 9.93. The van der Waals surface area contributed by atoms with E-state index in [1.165, 1.54) is 25.5 Å². The van der Waals surface area contributed by atoms with Gasteiger partial charge in [-0.3, -0.25) is 14.6 Å². The van der Waals surface area contributed by atoms with Crippen LogP contribution in [0.3, 0.4) is 0 Å². The van der Waals surface area contributed by atoms with Gasteiger partial charge in [-0.25, -0.2) is 12.8 Å². The maximum atomic E-state index is 15.3. The Kier molecular flexibility index (Phi) is 10.0. The molecule has 1 aliphatic heterocycles. The van der Waals surface area contributed by atoms with Crippen LogP contribution in [0, 0.1) is 17.2 Å². The van der Waals surface area contributed by atoms with Gasteiger partial charge in [-0.05, 0) is 81.1 Å². The Morgan fingerprint density at radius 2 is 1.63 bits per heavy atom. The average Bonchev–Trinajstić information content (AvgIpc) is 3.91. The van der Waals surface area contributed by atoms with Gasteiger partial charge in [0.25, 0.3) is 0 Å². The Morgan fingerprint density at radius 1 is 0.918 bits per heavy atom. The molecule has 2 N–H and O–H groups in total. The smallest absolute Gasteiger partial charge is 0.240 e. The van der Waals surface area contributed by atoms with Crippen molar-refractivity contribution in [3.8, 4) is 23.0 Å². The third kappa shape index (κ3) is 8.28. The largest absolute Gasteiger partial charge is 0.493 e. The number of aromatic nitrogens is 1. The number of benzene rings is 3. The second kappa shape index (κ2) is 14.4. The molecule has 1 saturated carbocycles. The van der Waals surface area contributed by atoms with Gasteiger partial charge >= 0.3 is 0 Å². The van der Waals surface area contributed by atoms with Crippen LogP contribution >= 0.6 is 0 Å². The van der Waals surface area contributed by atoms with E-state index in [0.717, 1.165) is 32.0 Å². The predicted molar refractivity (Wildman–Crippen MR) is 185 cm³/mol. The molecular weight excluding hydrogens is 651 g/mol. The summed E-state index contributed by atoms with van der Waals surface area (Å²) in [6.07, 6.45) is 5.42. The molecule has 2 heterocycles. The molecule has 0 atom stereocenters. The predicted octanol–water partition coefficient (Wildman–Crippen LogP) is 5.67. The summed E-state index contributed by atoms with van der Waals surface area (Å²) in [4.78, 5) is 32.6. The van der Waals surface area contributed by atoms with Gasteiger partial charge in [-0.2, -0.15) is 0 Å². The number of halogens is 1. The van der Waals surface area contributed by atoms with Gasteiger partial charge in [0.15, 0.2) is 23.1 Å². The molecule has 2 fully saturated rings. The monoisotopic (exact) mass is 690 g/mol. The summed E-state index contributed by atoms with van der Waals surface area (Å²) in [5, 5.41) is 6.05. The van der Waals surface area contributed by atoms with Crippen molar-refractivity contribution in [2.75, 3.05) is 56.0 Å². The highest BCUT2D eigenvalue weighted by atomic mass is 32.2. The molecule has 258 valence electrons. The molecule has 0 spiro atoms. The number of amides is 2. The summed E-state index contributed by atoms with van der Waals surface area (Å²) in [5.41, 5.74) is 0.174. The van der Waals surface area contributed by atoms with Crippen molar-refractivity contribution >= 4 is 43.9 Å². The first kappa shape index (κ1) is 34.1. The van der Waals surface area contributed by atoms with E-state index in [4.69, 9.17) is 14.2 Å². The molecule has 13 heteroatoms. The van der Waals surface area contributed by atoms with Gasteiger partial charge in [0, 0.05) is 47.9 Å². The second-order valence-corrected chi connectivity index (χ2v) is 14.9. The molecule has 1 aliphatic carbocycles. The highest BCUT2D eigenvalue weighted by Gasteiger charge is 2.56. The Balaban J connectivity index is 1.08. The average molecular weight is 691 g/mol. The first-order valence-electron chi connectivity index (χ1n) is 16.2. The topological polar surface area (TPSA) is 136 Å². The molecule has 6 rings (SSSR count). The number of anilines is 2. The molecule has 1 saturated heterocycles. The number of methoxy groups -OCH3 is 1. The van der Waals surface area contributed by atoms with Gasteiger partial charge in [0.05, 0.1) is 25.0 Å². The van der Waals surface area contributed by atoms with Crippen LogP contribution in [-0.2, 0) is 19.4 Å². The van der Waals surface area contributed by atoms with Gasteiger partial charge < -0.3 is 29.7 Å². The summed E-state index contributed by atoms with van der Waals surface area (Å²) < 4.78 is 56.1. The lowest BCUT2D eigenvalue weighted by Crippen LogP contribution is -2.38. The lowest BCUT2D eigenvalue weighted by molar-refractivity contribution is -0.131. The van der Waals surface area contributed by atoms with Gasteiger partial charge in [-0.1, -0.05) is 18.2 Å². The summed E-state index contributed by atoms with van der Waals surface area (Å²) in [6.45, 7) is 2.65. The van der Waals surface area contributed by atoms with E-state index in [1.807, 2.05) is 6.07 Å². The van der Waals surface area contributed by atoms with Crippen LogP contribution in [-0.4, -0.2) is 75.5 Å². The third-order valence-electron chi connectivity index (χ3n) is 9.01. The number of carbonyl (C=O) groups excluding carboxylic acids is 2. The zero-order valence-electron chi connectivity index (χ0n) is 27.4. The number of sulfone groups is 1. The zero-order valence-corrected chi connectivity index (χ0v) is 28.2. The van der Waals surface area contributed by atoms with Gasteiger partial charge in [-0.15, -0.1) is 0 Å². The maximum Gasteiger partial charge on any atom is 0.240 e. The minimum absolute atomic E-state index is 0.0596. The van der Waals surface area contributed by atoms with E-state index in [-0.39, 0.29) is 17.2 Å². The Hall–Kier alpha value is -4.75. The van der Waals surface area contributed by atoms with Crippen molar-refractivity contribution in [1.29, 1.82) is 0 Å². The molecule has 0 radical (unpaired) electrons. The number of carbonyl (C=O) groups is 2.